The number of halogens is 1. The monoisotopic (exact) mass is 522 g/mol. The number of aromatic nitrogens is 4. The van der Waals surface area contributed by atoms with Crippen LogP contribution in [0.4, 0.5) is 0 Å². The zero-order valence-corrected chi connectivity index (χ0v) is 19.8. The Morgan fingerprint density at radius 2 is 1.88 bits per heavy atom. The minimum Gasteiger partial charge on any atom is -0.336 e. The van der Waals surface area contributed by atoms with Gasteiger partial charge in [-0.1, -0.05) is 46.5 Å². The van der Waals surface area contributed by atoms with Crippen molar-refractivity contribution in [1.29, 1.82) is 0 Å². The summed E-state index contributed by atoms with van der Waals surface area (Å²) in [5, 5.41) is 0. The molecule has 0 saturated heterocycles. The molecule has 3 aromatic rings. The third kappa shape index (κ3) is 5.87. The van der Waals surface area contributed by atoms with Crippen molar-refractivity contribution in [3.8, 4) is 12.3 Å². The Balaban J connectivity index is 1.88. The van der Waals surface area contributed by atoms with Crippen LogP contribution in [0.1, 0.15) is 30.7 Å². The molecule has 0 bridgehead atoms. The lowest BCUT2D eigenvalue weighted by molar-refractivity contribution is 0.370. The van der Waals surface area contributed by atoms with E-state index in [4.69, 9.17) is 16.2 Å². The van der Waals surface area contributed by atoms with E-state index in [2.05, 4.69) is 31.8 Å². The second-order valence-electron chi connectivity index (χ2n) is 7.45. The number of nitrogens with zero attached hydrogens (tertiary/aromatic N) is 3. The Morgan fingerprint density at radius 3 is 2.56 bits per heavy atom. The first-order valence-electron chi connectivity index (χ1n) is 10.1. The summed E-state index contributed by atoms with van der Waals surface area (Å²) in [6.07, 6.45) is 7.73. The predicted octanol–water partition coefficient (Wildman–Crippen LogP) is 2.42. The van der Waals surface area contributed by atoms with Gasteiger partial charge in [0.25, 0.3) is 5.56 Å². The van der Waals surface area contributed by atoms with Gasteiger partial charge >= 0.3 is 13.3 Å². The number of aryl methyl sites for hydroxylation is 3. The second-order valence-corrected chi connectivity index (χ2v) is 10.1. The van der Waals surface area contributed by atoms with Crippen LogP contribution in [0.5, 0.6) is 0 Å². The van der Waals surface area contributed by atoms with Crippen LogP contribution >= 0.6 is 23.5 Å². The number of H-pyrrole nitrogens is 1. The normalized spacial score (nSPS) is 11.7. The number of hydrogen-bond donors (Lipinski definition) is 3. The van der Waals surface area contributed by atoms with Crippen LogP contribution in [0, 0.1) is 12.3 Å². The van der Waals surface area contributed by atoms with E-state index >= 15 is 0 Å². The van der Waals surface area contributed by atoms with Crippen molar-refractivity contribution in [2.75, 3.05) is 6.16 Å². The molecule has 0 aliphatic rings. The largest absolute Gasteiger partial charge is 0.336 e. The third-order valence-electron chi connectivity index (χ3n) is 5.08. The fourth-order valence-electron chi connectivity index (χ4n) is 3.48. The number of fused-ring (bicyclic) bond motifs is 1. The Morgan fingerprint density at radius 1 is 1.12 bits per heavy atom. The summed E-state index contributed by atoms with van der Waals surface area (Å²) < 4.78 is 14.4. The Bertz CT molecular complexity index is 1310. The van der Waals surface area contributed by atoms with Crippen LogP contribution in [-0.2, 0) is 30.5 Å². The maximum Gasteiger partial charge on any atom is 0.333 e. The molecule has 0 fully saturated rings. The van der Waals surface area contributed by atoms with E-state index < -0.39 is 18.8 Å². The molecular formula is C21H24BrN4O5P. The van der Waals surface area contributed by atoms with E-state index in [1.54, 1.807) is 0 Å². The first kappa shape index (κ1) is 24.2. The maximum atomic E-state index is 12.9. The molecule has 2 heterocycles. The smallest absolute Gasteiger partial charge is 0.333 e. The van der Waals surface area contributed by atoms with Gasteiger partial charge in [-0.3, -0.25) is 13.9 Å². The molecule has 0 amide bonds. The summed E-state index contributed by atoms with van der Waals surface area (Å²) in [7, 11) is -4.04. The fraction of sp³-hybridized carbons (Fsp3) is 0.381. The summed E-state index contributed by atoms with van der Waals surface area (Å²) in [5.41, 5.74) is 0.530. The lowest BCUT2D eigenvalue weighted by atomic mass is 10.1. The highest BCUT2D eigenvalue weighted by Crippen LogP contribution is 2.35. The lowest BCUT2D eigenvalue weighted by Crippen LogP contribution is -2.40. The zero-order valence-electron chi connectivity index (χ0n) is 17.3. The molecule has 11 heteroatoms. The quantitative estimate of drug-likeness (QED) is 0.213. The molecule has 9 nitrogen and oxygen atoms in total. The predicted molar refractivity (Wildman–Crippen MR) is 126 cm³/mol. The van der Waals surface area contributed by atoms with Crippen molar-refractivity contribution in [3.05, 3.63) is 61.0 Å². The van der Waals surface area contributed by atoms with Crippen LogP contribution in [0.2, 0.25) is 0 Å². The van der Waals surface area contributed by atoms with E-state index in [-0.39, 0.29) is 30.4 Å². The van der Waals surface area contributed by atoms with Gasteiger partial charge in [0, 0.05) is 23.6 Å². The van der Waals surface area contributed by atoms with Gasteiger partial charge in [-0.15, -0.1) is 6.42 Å². The van der Waals surface area contributed by atoms with Crippen molar-refractivity contribution in [2.45, 2.75) is 45.2 Å². The summed E-state index contributed by atoms with van der Waals surface area (Å²) in [5.74, 6) is 2.92. The first-order chi connectivity index (χ1) is 15.2. The molecule has 32 heavy (non-hydrogen) atoms. The number of hydrogen-bond acceptors (Lipinski definition) is 4. The Hall–Kier alpha value is -2.44. The molecule has 1 aromatic carbocycles. The number of benzene rings is 1. The van der Waals surface area contributed by atoms with Crippen molar-refractivity contribution >= 4 is 34.7 Å². The van der Waals surface area contributed by atoms with E-state index in [9.17, 15) is 14.2 Å². The third-order valence-corrected chi connectivity index (χ3v) is 6.75. The van der Waals surface area contributed by atoms with Gasteiger partial charge in [0.05, 0.1) is 6.54 Å². The van der Waals surface area contributed by atoms with E-state index in [1.165, 1.54) is 4.57 Å². The van der Waals surface area contributed by atoms with E-state index in [1.807, 2.05) is 24.3 Å². The summed E-state index contributed by atoms with van der Waals surface area (Å²) >= 11 is 3.52. The lowest BCUT2D eigenvalue weighted by Gasteiger charge is -2.10. The molecular weight excluding hydrogens is 499 g/mol. The average Bonchev–Trinajstić information content (AvgIpc) is 3.16. The van der Waals surface area contributed by atoms with E-state index in [0.29, 0.717) is 37.9 Å². The number of aromatic amines is 1. The van der Waals surface area contributed by atoms with Crippen LogP contribution in [0.3, 0.4) is 0 Å². The van der Waals surface area contributed by atoms with Crippen LogP contribution in [0.25, 0.3) is 11.2 Å². The first-order valence-corrected chi connectivity index (χ1v) is 12.7. The number of rotatable bonds is 10. The summed E-state index contributed by atoms with van der Waals surface area (Å²) in [6, 6.07) is 7.83. The van der Waals surface area contributed by atoms with Crippen LogP contribution in [0.15, 0.2) is 38.3 Å². The highest BCUT2D eigenvalue weighted by atomic mass is 79.9. The molecule has 0 unspecified atom stereocenters. The summed E-state index contributed by atoms with van der Waals surface area (Å²) in [4.78, 5) is 51.2. The fourth-order valence-corrected chi connectivity index (χ4v) is 4.60. The molecule has 0 atom stereocenters. The molecule has 0 aliphatic carbocycles. The molecule has 0 saturated carbocycles. The van der Waals surface area contributed by atoms with Gasteiger partial charge in [0.15, 0.2) is 5.65 Å². The minimum atomic E-state index is -4.04. The topological polar surface area (TPSA) is 130 Å². The molecule has 3 N–H and O–H groups in total. The van der Waals surface area contributed by atoms with Crippen molar-refractivity contribution < 1.29 is 14.4 Å². The van der Waals surface area contributed by atoms with Crippen molar-refractivity contribution in [3.63, 3.8) is 0 Å². The maximum absolute atomic E-state index is 12.9. The van der Waals surface area contributed by atoms with Gasteiger partial charge in [-0.2, -0.15) is 0 Å². The SMILES string of the molecule is C#CCn1c(=O)c2[nH]c(CCc3ccccc3Br)nc2n(CCCCCP(=O)(O)O)c1=O. The highest BCUT2D eigenvalue weighted by Gasteiger charge is 2.17. The molecule has 170 valence electrons. The molecule has 0 aliphatic heterocycles. The van der Waals surface area contributed by atoms with Crippen molar-refractivity contribution in [2.24, 2.45) is 0 Å². The van der Waals surface area contributed by atoms with Crippen LogP contribution < -0.4 is 11.2 Å². The Labute approximate surface area is 192 Å². The average molecular weight is 523 g/mol. The summed E-state index contributed by atoms with van der Waals surface area (Å²) in [6.45, 7) is 0.104. The van der Waals surface area contributed by atoms with Crippen molar-refractivity contribution in [1.82, 2.24) is 19.1 Å². The van der Waals surface area contributed by atoms with Gasteiger partial charge in [0.2, 0.25) is 0 Å². The molecule has 0 spiro atoms. The van der Waals surface area contributed by atoms with Gasteiger partial charge in [-0.05, 0) is 30.9 Å². The number of nitrogens with one attached hydrogen (secondary N) is 1. The molecule has 2 aromatic heterocycles. The number of unbranched alkanes of at least 4 members (excludes halogenated alkanes) is 2. The van der Waals surface area contributed by atoms with Gasteiger partial charge < -0.3 is 14.8 Å². The van der Waals surface area contributed by atoms with Crippen LogP contribution in [-0.4, -0.2) is 35.1 Å². The number of terminal acetylenes is 1. The van der Waals surface area contributed by atoms with E-state index in [0.717, 1.165) is 14.6 Å². The Kier molecular flexibility index (Phi) is 7.91. The highest BCUT2D eigenvalue weighted by molar-refractivity contribution is 9.10. The van der Waals surface area contributed by atoms with Gasteiger partial charge in [-0.25, -0.2) is 14.3 Å². The standard InChI is InChI=1S/C21H24BrN4O5P/c1-2-12-26-20(27)18-19(25(21(26)28)13-6-3-7-14-32(29,30)31)24-17(23-18)11-10-15-8-4-5-9-16(15)22/h1,4-5,8-9H,3,6-7,10-14H2,(H,23,24)(H2,29,30,31). The van der Waals surface area contributed by atoms with Gasteiger partial charge in [0.1, 0.15) is 11.3 Å². The molecule has 3 rings (SSSR count). The zero-order chi connectivity index (χ0) is 23.3. The number of imidazole rings is 1. The second kappa shape index (κ2) is 10.5. The molecule has 0 radical (unpaired) electrons. The minimum absolute atomic E-state index is 0.156.